The van der Waals surface area contributed by atoms with Gasteiger partial charge in [-0.3, -0.25) is 0 Å². The summed E-state index contributed by atoms with van der Waals surface area (Å²) in [5, 5.41) is 11.5. The first-order valence-corrected chi connectivity index (χ1v) is 8.14. The Labute approximate surface area is 152 Å². The fourth-order valence-electron chi connectivity index (χ4n) is 2.03. The minimum absolute atomic E-state index is 0.0960. The van der Waals surface area contributed by atoms with E-state index in [4.69, 9.17) is 14.3 Å². The lowest BCUT2D eigenvalue weighted by atomic mass is 10.1. The van der Waals surface area contributed by atoms with Gasteiger partial charge in [0.15, 0.2) is 0 Å². The van der Waals surface area contributed by atoms with Crippen molar-refractivity contribution in [3.8, 4) is 23.2 Å². The van der Waals surface area contributed by atoms with Crippen LogP contribution < -0.4 is 5.32 Å². The lowest BCUT2D eigenvalue weighted by molar-refractivity contribution is 0.0528. The normalized spacial score (nSPS) is 10.6. The molecule has 0 radical (unpaired) electrons. The van der Waals surface area contributed by atoms with Crippen molar-refractivity contribution in [3.63, 3.8) is 0 Å². The minimum Gasteiger partial charge on any atom is -0.475 e. The molecule has 0 unspecified atom stereocenters. The van der Waals surface area contributed by atoms with Crippen molar-refractivity contribution >= 4 is 12.1 Å². The zero-order valence-corrected chi connectivity index (χ0v) is 15.0. The first-order chi connectivity index (χ1) is 12.2. The number of ether oxygens (including phenoxy) is 1. The molecule has 0 saturated heterocycles. The third kappa shape index (κ3) is 6.02. The molecule has 1 aromatic carbocycles. The number of carboxylic acids is 1. The molecule has 2 rings (SSSR count). The molecule has 6 nitrogen and oxygen atoms in total. The van der Waals surface area contributed by atoms with Gasteiger partial charge in [-0.15, -0.1) is 0 Å². The van der Waals surface area contributed by atoms with Crippen LogP contribution in [-0.2, 0) is 4.74 Å². The first kappa shape index (κ1) is 19.1. The summed E-state index contributed by atoms with van der Waals surface area (Å²) in [7, 11) is 0. The Morgan fingerprint density at radius 3 is 2.42 bits per heavy atom. The summed E-state index contributed by atoms with van der Waals surface area (Å²) in [5.74, 6) is 5.27. The van der Waals surface area contributed by atoms with Crippen LogP contribution in [0.25, 0.3) is 11.3 Å². The number of furan rings is 1. The number of amides is 1. The Balaban J connectivity index is 1.85. The third-order valence-corrected chi connectivity index (χ3v) is 3.14. The maximum atomic E-state index is 11.5. The SMILES string of the molecule is CC(C)(C)OC(=O)NCCC#Cc1ccc(-c2ccc(C(=O)O)o2)cc1. The van der Waals surface area contributed by atoms with Crippen molar-refractivity contribution in [2.75, 3.05) is 6.54 Å². The predicted octanol–water partition coefficient (Wildman–Crippen LogP) is 3.91. The van der Waals surface area contributed by atoms with Crippen LogP contribution in [0.4, 0.5) is 4.79 Å². The van der Waals surface area contributed by atoms with Crippen LogP contribution in [0.3, 0.4) is 0 Å². The molecule has 0 fully saturated rings. The second-order valence-electron chi connectivity index (χ2n) is 6.53. The molecule has 1 heterocycles. The molecule has 0 bridgehead atoms. The summed E-state index contributed by atoms with van der Waals surface area (Å²) >= 11 is 0. The zero-order valence-electron chi connectivity index (χ0n) is 15.0. The Kier molecular flexibility index (Phi) is 6.07. The van der Waals surface area contributed by atoms with Crippen molar-refractivity contribution < 1.29 is 23.8 Å². The van der Waals surface area contributed by atoms with Crippen molar-refractivity contribution in [1.82, 2.24) is 5.32 Å². The third-order valence-electron chi connectivity index (χ3n) is 3.14. The molecule has 2 N–H and O–H groups in total. The van der Waals surface area contributed by atoms with E-state index >= 15 is 0 Å². The molecule has 6 heteroatoms. The molecule has 0 atom stereocenters. The lowest BCUT2D eigenvalue weighted by Crippen LogP contribution is -2.32. The highest BCUT2D eigenvalue weighted by molar-refractivity contribution is 5.85. The van der Waals surface area contributed by atoms with Crippen LogP contribution in [0.1, 0.15) is 43.3 Å². The molecule has 26 heavy (non-hydrogen) atoms. The average molecular weight is 355 g/mol. The maximum Gasteiger partial charge on any atom is 0.407 e. The summed E-state index contributed by atoms with van der Waals surface area (Å²) in [5.41, 5.74) is 1.07. The van der Waals surface area contributed by atoms with Gasteiger partial charge in [0, 0.05) is 24.1 Å². The number of carbonyl (C=O) groups excluding carboxylic acids is 1. The van der Waals surface area contributed by atoms with Gasteiger partial charge in [-0.05, 0) is 45.0 Å². The Bertz CT molecular complexity index is 832. The van der Waals surface area contributed by atoms with Gasteiger partial charge in [0.2, 0.25) is 5.76 Å². The van der Waals surface area contributed by atoms with Gasteiger partial charge < -0.3 is 19.6 Å². The number of carbonyl (C=O) groups is 2. The molecule has 1 aromatic heterocycles. The van der Waals surface area contributed by atoms with Gasteiger partial charge in [0.1, 0.15) is 11.4 Å². The van der Waals surface area contributed by atoms with Crippen LogP contribution in [-0.4, -0.2) is 29.3 Å². The van der Waals surface area contributed by atoms with Gasteiger partial charge in [0.05, 0.1) is 0 Å². The van der Waals surface area contributed by atoms with E-state index in [2.05, 4.69) is 17.2 Å². The number of aromatic carboxylic acids is 1. The maximum absolute atomic E-state index is 11.5. The average Bonchev–Trinajstić information content (AvgIpc) is 3.04. The van der Waals surface area contributed by atoms with E-state index < -0.39 is 17.7 Å². The number of nitrogens with one attached hydrogen (secondary N) is 1. The topological polar surface area (TPSA) is 88.8 Å². The molecule has 136 valence electrons. The van der Waals surface area contributed by atoms with Crippen molar-refractivity contribution in [1.29, 1.82) is 0 Å². The van der Waals surface area contributed by atoms with Crippen LogP contribution >= 0.6 is 0 Å². The van der Waals surface area contributed by atoms with E-state index in [1.807, 2.05) is 24.3 Å². The first-order valence-electron chi connectivity index (χ1n) is 8.14. The number of hydrogen-bond donors (Lipinski definition) is 2. The van der Waals surface area contributed by atoms with Crippen molar-refractivity contribution in [2.24, 2.45) is 0 Å². The highest BCUT2D eigenvalue weighted by atomic mass is 16.6. The molecular weight excluding hydrogens is 334 g/mol. The molecule has 0 spiro atoms. The van der Waals surface area contributed by atoms with Crippen molar-refractivity contribution in [2.45, 2.75) is 32.8 Å². The molecular formula is C20H21NO5. The van der Waals surface area contributed by atoms with Crippen LogP contribution in [0, 0.1) is 11.8 Å². The largest absolute Gasteiger partial charge is 0.475 e. The molecule has 0 aliphatic carbocycles. The second kappa shape index (κ2) is 8.26. The second-order valence-corrected chi connectivity index (χ2v) is 6.53. The van der Waals surface area contributed by atoms with Crippen molar-refractivity contribution in [3.05, 3.63) is 47.7 Å². The molecule has 0 saturated carbocycles. The minimum atomic E-state index is -1.10. The number of alkyl carbamates (subject to hydrolysis) is 1. The summed E-state index contributed by atoms with van der Waals surface area (Å²) in [4.78, 5) is 22.3. The van der Waals surface area contributed by atoms with Crippen LogP contribution in [0.15, 0.2) is 40.8 Å². The Morgan fingerprint density at radius 1 is 1.15 bits per heavy atom. The van der Waals surface area contributed by atoms with Gasteiger partial charge in [-0.2, -0.15) is 0 Å². The Hall–Kier alpha value is -3.20. The molecule has 1 amide bonds. The van der Waals surface area contributed by atoms with E-state index in [-0.39, 0.29) is 5.76 Å². The van der Waals surface area contributed by atoms with Gasteiger partial charge >= 0.3 is 12.1 Å². The molecule has 2 aromatic rings. The fourth-order valence-corrected chi connectivity index (χ4v) is 2.03. The summed E-state index contributed by atoms with van der Waals surface area (Å²) in [6, 6.07) is 10.3. The summed E-state index contributed by atoms with van der Waals surface area (Å²) < 4.78 is 10.4. The summed E-state index contributed by atoms with van der Waals surface area (Å²) in [6.45, 7) is 5.83. The number of carboxylic acid groups (broad SMARTS) is 1. The standard InChI is InChI=1S/C20H21NO5/c1-20(2,3)26-19(24)21-13-5-4-6-14-7-9-15(10-8-14)16-11-12-17(25-16)18(22)23/h7-12H,5,13H2,1-3H3,(H,21,24)(H,22,23). The van der Waals surface area contributed by atoms with Crippen LogP contribution in [0.5, 0.6) is 0 Å². The number of hydrogen-bond acceptors (Lipinski definition) is 4. The smallest absolute Gasteiger partial charge is 0.407 e. The Morgan fingerprint density at radius 2 is 1.85 bits per heavy atom. The van der Waals surface area contributed by atoms with E-state index in [0.29, 0.717) is 18.7 Å². The van der Waals surface area contributed by atoms with E-state index in [0.717, 1.165) is 11.1 Å². The zero-order chi connectivity index (χ0) is 19.2. The van der Waals surface area contributed by atoms with Gasteiger partial charge in [-0.25, -0.2) is 9.59 Å². The molecule has 0 aliphatic rings. The lowest BCUT2D eigenvalue weighted by Gasteiger charge is -2.19. The highest BCUT2D eigenvalue weighted by Gasteiger charge is 2.15. The highest BCUT2D eigenvalue weighted by Crippen LogP contribution is 2.22. The van der Waals surface area contributed by atoms with E-state index in [1.165, 1.54) is 6.07 Å². The van der Waals surface area contributed by atoms with E-state index in [9.17, 15) is 9.59 Å². The quantitative estimate of drug-likeness (QED) is 0.641. The van der Waals surface area contributed by atoms with Gasteiger partial charge in [-0.1, -0.05) is 24.0 Å². The van der Waals surface area contributed by atoms with E-state index in [1.54, 1.807) is 26.8 Å². The number of benzene rings is 1. The predicted molar refractivity (Wildman–Crippen MR) is 96.8 cm³/mol. The van der Waals surface area contributed by atoms with Crippen LogP contribution in [0.2, 0.25) is 0 Å². The summed E-state index contributed by atoms with van der Waals surface area (Å²) in [6.07, 6.45) is 0.0454. The molecule has 0 aliphatic heterocycles. The fraction of sp³-hybridized carbons (Fsp3) is 0.300. The van der Waals surface area contributed by atoms with Gasteiger partial charge in [0.25, 0.3) is 0 Å². The monoisotopic (exact) mass is 355 g/mol. The number of rotatable bonds is 4.